The predicted octanol–water partition coefficient (Wildman–Crippen LogP) is 4.95. The second kappa shape index (κ2) is 6.85. The van der Waals surface area contributed by atoms with Crippen molar-refractivity contribution in [3.05, 3.63) is 71.8 Å². The van der Waals surface area contributed by atoms with E-state index in [0.717, 1.165) is 0 Å². The fraction of sp³-hybridized carbons (Fsp3) is 0.400. The van der Waals surface area contributed by atoms with Gasteiger partial charge >= 0.3 is 0 Å². The number of benzene rings is 2. The maximum Gasteiger partial charge on any atom is 0.0204 e. The van der Waals surface area contributed by atoms with Crippen LogP contribution in [0.25, 0.3) is 0 Å². The van der Waals surface area contributed by atoms with Crippen LogP contribution in [0.4, 0.5) is 0 Å². The lowest BCUT2D eigenvalue weighted by molar-refractivity contribution is 0.210. The molecule has 22 heavy (non-hydrogen) atoms. The summed E-state index contributed by atoms with van der Waals surface area (Å²) in [6.07, 6.45) is 4.84. The maximum atomic E-state index is 3.52. The van der Waals surface area contributed by atoms with Crippen LogP contribution in [-0.4, -0.2) is 12.6 Å². The quantitative estimate of drug-likeness (QED) is 0.845. The minimum absolute atomic E-state index is 0. The average molecular weight is 316 g/mol. The van der Waals surface area contributed by atoms with Crippen molar-refractivity contribution < 1.29 is 0 Å². The fourth-order valence-electron chi connectivity index (χ4n) is 3.74. The van der Waals surface area contributed by atoms with Gasteiger partial charge in [0.1, 0.15) is 0 Å². The van der Waals surface area contributed by atoms with Gasteiger partial charge in [0.2, 0.25) is 0 Å². The topological polar surface area (TPSA) is 12.0 Å². The lowest BCUT2D eigenvalue weighted by Gasteiger charge is -2.46. The normalized spacial score (nSPS) is 19.2. The summed E-state index contributed by atoms with van der Waals surface area (Å²) in [6, 6.07) is 22.1. The predicted molar refractivity (Wildman–Crippen MR) is 96.8 cm³/mol. The molecule has 1 fully saturated rings. The zero-order valence-corrected chi connectivity index (χ0v) is 14.3. The van der Waals surface area contributed by atoms with E-state index in [-0.39, 0.29) is 23.4 Å². The van der Waals surface area contributed by atoms with Crippen molar-refractivity contribution in [2.75, 3.05) is 7.05 Å². The van der Waals surface area contributed by atoms with Crippen LogP contribution in [0.1, 0.15) is 43.7 Å². The van der Waals surface area contributed by atoms with Gasteiger partial charge in [-0.05, 0) is 50.8 Å². The molecule has 0 aliphatic heterocycles. The van der Waals surface area contributed by atoms with Gasteiger partial charge < -0.3 is 5.32 Å². The number of nitrogens with one attached hydrogen (secondary N) is 1. The van der Waals surface area contributed by atoms with Crippen LogP contribution in [0.2, 0.25) is 0 Å². The molecule has 2 aromatic carbocycles. The summed E-state index contributed by atoms with van der Waals surface area (Å²) in [5.74, 6) is 0. The molecule has 0 spiro atoms. The van der Waals surface area contributed by atoms with Crippen LogP contribution in [0.3, 0.4) is 0 Å². The number of hydrogen-bond acceptors (Lipinski definition) is 1. The van der Waals surface area contributed by atoms with Crippen molar-refractivity contribution in [3.8, 4) is 0 Å². The van der Waals surface area contributed by atoms with Crippen molar-refractivity contribution >= 4 is 12.4 Å². The minimum Gasteiger partial charge on any atom is -0.315 e. The second-order valence-corrected chi connectivity index (χ2v) is 6.62. The van der Waals surface area contributed by atoms with Crippen molar-refractivity contribution in [3.63, 3.8) is 0 Å². The molecule has 0 saturated heterocycles. The van der Waals surface area contributed by atoms with E-state index in [9.17, 15) is 0 Å². The monoisotopic (exact) mass is 315 g/mol. The Kier molecular flexibility index (Phi) is 5.31. The van der Waals surface area contributed by atoms with E-state index in [1.165, 1.54) is 36.8 Å². The third-order valence-electron chi connectivity index (χ3n) is 5.46. The van der Waals surface area contributed by atoms with E-state index in [1.54, 1.807) is 0 Å². The zero-order chi connectivity index (χ0) is 14.8. The minimum atomic E-state index is 0. The van der Waals surface area contributed by atoms with E-state index in [4.69, 9.17) is 0 Å². The molecule has 1 saturated carbocycles. The first-order valence-corrected chi connectivity index (χ1v) is 7.99. The van der Waals surface area contributed by atoms with E-state index >= 15 is 0 Å². The van der Waals surface area contributed by atoms with E-state index in [1.807, 2.05) is 0 Å². The molecular formula is C20H26ClN. The molecular weight excluding hydrogens is 290 g/mol. The molecule has 1 nitrogen and oxygen atoms in total. The summed E-state index contributed by atoms with van der Waals surface area (Å²) in [4.78, 5) is 0. The second-order valence-electron chi connectivity index (χ2n) is 6.62. The standard InChI is InChI=1S/C20H25N.ClH/c1-19(21-2)13-15-20(16-14-19,17-9-5-3-6-10-17)18-11-7-4-8-12-18;/h3-12,21H,13-16H2,1-2H3;1H. The lowest BCUT2D eigenvalue weighted by Crippen LogP contribution is -2.47. The summed E-state index contributed by atoms with van der Waals surface area (Å²) in [6.45, 7) is 2.35. The highest BCUT2D eigenvalue weighted by Gasteiger charge is 2.41. The summed E-state index contributed by atoms with van der Waals surface area (Å²) in [5, 5.41) is 3.52. The van der Waals surface area contributed by atoms with Gasteiger partial charge in [-0.25, -0.2) is 0 Å². The Morgan fingerprint density at radius 2 is 1.14 bits per heavy atom. The Morgan fingerprint density at radius 1 is 0.727 bits per heavy atom. The molecule has 0 radical (unpaired) electrons. The van der Waals surface area contributed by atoms with Crippen LogP contribution in [0.15, 0.2) is 60.7 Å². The van der Waals surface area contributed by atoms with Gasteiger partial charge in [-0.2, -0.15) is 0 Å². The van der Waals surface area contributed by atoms with Gasteiger partial charge in [0.15, 0.2) is 0 Å². The van der Waals surface area contributed by atoms with Crippen molar-refractivity contribution in [2.24, 2.45) is 0 Å². The van der Waals surface area contributed by atoms with Gasteiger partial charge in [-0.3, -0.25) is 0 Å². The largest absolute Gasteiger partial charge is 0.315 e. The first-order chi connectivity index (χ1) is 10.2. The highest BCUT2D eigenvalue weighted by Crippen LogP contribution is 2.47. The lowest BCUT2D eigenvalue weighted by atomic mass is 9.61. The number of rotatable bonds is 3. The molecule has 0 amide bonds. The fourth-order valence-corrected chi connectivity index (χ4v) is 3.74. The van der Waals surface area contributed by atoms with Crippen molar-refractivity contribution in [2.45, 2.75) is 43.6 Å². The highest BCUT2D eigenvalue weighted by molar-refractivity contribution is 5.85. The van der Waals surface area contributed by atoms with Crippen LogP contribution in [0, 0.1) is 0 Å². The van der Waals surface area contributed by atoms with Gasteiger partial charge in [-0.1, -0.05) is 60.7 Å². The molecule has 0 bridgehead atoms. The summed E-state index contributed by atoms with van der Waals surface area (Å²) in [5.41, 5.74) is 3.40. The van der Waals surface area contributed by atoms with Crippen molar-refractivity contribution in [1.29, 1.82) is 0 Å². The van der Waals surface area contributed by atoms with Crippen molar-refractivity contribution in [1.82, 2.24) is 5.32 Å². The highest BCUT2D eigenvalue weighted by atomic mass is 35.5. The Bertz CT molecular complexity index is 530. The molecule has 0 unspecified atom stereocenters. The first kappa shape index (κ1) is 17.1. The number of halogens is 1. The molecule has 2 heteroatoms. The Hall–Kier alpha value is -1.31. The van der Waals surface area contributed by atoms with Gasteiger partial charge in [0.05, 0.1) is 0 Å². The summed E-state index contributed by atoms with van der Waals surface area (Å²) < 4.78 is 0. The summed E-state index contributed by atoms with van der Waals surface area (Å²) in [7, 11) is 2.10. The van der Waals surface area contributed by atoms with Gasteiger partial charge in [-0.15, -0.1) is 12.4 Å². The smallest absolute Gasteiger partial charge is 0.0204 e. The molecule has 0 aromatic heterocycles. The van der Waals surface area contributed by atoms with Crippen LogP contribution in [0.5, 0.6) is 0 Å². The van der Waals surface area contributed by atoms with Crippen LogP contribution < -0.4 is 5.32 Å². The summed E-state index contributed by atoms with van der Waals surface area (Å²) >= 11 is 0. The van der Waals surface area contributed by atoms with Crippen LogP contribution >= 0.6 is 12.4 Å². The molecule has 1 aliphatic carbocycles. The van der Waals surface area contributed by atoms with Crippen LogP contribution in [-0.2, 0) is 5.41 Å². The molecule has 118 valence electrons. The third kappa shape index (κ3) is 3.06. The Balaban J connectivity index is 0.00000176. The third-order valence-corrected chi connectivity index (χ3v) is 5.46. The number of hydrogen-bond donors (Lipinski definition) is 1. The molecule has 1 aliphatic rings. The van der Waals surface area contributed by atoms with E-state index in [0.29, 0.717) is 0 Å². The Labute approximate surface area is 140 Å². The van der Waals surface area contributed by atoms with E-state index < -0.39 is 0 Å². The molecule has 1 N–H and O–H groups in total. The van der Waals surface area contributed by atoms with Gasteiger partial charge in [0.25, 0.3) is 0 Å². The molecule has 0 heterocycles. The average Bonchev–Trinajstić information content (AvgIpc) is 2.57. The maximum absolute atomic E-state index is 3.52. The zero-order valence-electron chi connectivity index (χ0n) is 13.5. The molecule has 0 atom stereocenters. The molecule has 3 rings (SSSR count). The molecule has 2 aromatic rings. The van der Waals surface area contributed by atoms with Gasteiger partial charge in [0, 0.05) is 11.0 Å². The first-order valence-electron chi connectivity index (χ1n) is 7.99. The Morgan fingerprint density at radius 3 is 1.50 bits per heavy atom. The van der Waals surface area contributed by atoms with E-state index in [2.05, 4.69) is 80.0 Å². The SMILES string of the molecule is CNC1(C)CCC(c2ccccc2)(c2ccccc2)CC1.Cl.